The number of aryl methyl sites for hydroxylation is 1. The predicted molar refractivity (Wildman–Crippen MR) is 127 cm³/mol. The number of benzene rings is 2. The van der Waals surface area contributed by atoms with Crippen molar-refractivity contribution in [3.63, 3.8) is 0 Å². The maximum atomic E-state index is 12.3. The van der Waals surface area contributed by atoms with Gasteiger partial charge in [-0.05, 0) is 54.4 Å². The third-order valence-corrected chi connectivity index (χ3v) is 5.74. The molecule has 1 saturated heterocycles. The fraction of sp³-hybridized carbons (Fsp3) is 0.240. The van der Waals surface area contributed by atoms with Crippen molar-refractivity contribution >= 4 is 28.3 Å². The summed E-state index contributed by atoms with van der Waals surface area (Å²) in [4.78, 5) is 18.8. The SMILES string of the molecule is O=C(CCc1cccnc1)Nc1ccc(-n2nc(N3CCNCC3)c3ccccc32)cc1. The Balaban J connectivity index is 1.32. The van der Waals surface area contributed by atoms with Gasteiger partial charge in [0.2, 0.25) is 5.91 Å². The number of carbonyl (C=O) groups is 1. The van der Waals surface area contributed by atoms with Crippen molar-refractivity contribution in [2.75, 3.05) is 36.4 Å². The van der Waals surface area contributed by atoms with Crippen LogP contribution in [0.3, 0.4) is 0 Å². The van der Waals surface area contributed by atoms with Gasteiger partial charge in [0, 0.05) is 56.1 Å². The van der Waals surface area contributed by atoms with E-state index in [1.807, 2.05) is 47.1 Å². The smallest absolute Gasteiger partial charge is 0.224 e. The summed E-state index contributed by atoms with van der Waals surface area (Å²) >= 11 is 0. The van der Waals surface area contributed by atoms with Crippen LogP contribution in [0.4, 0.5) is 11.5 Å². The Morgan fingerprint density at radius 1 is 1.00 bits per heavy atom. The van der Waals surface area contributed by atoms with Crippen molar-refractivity contribution in [3.8, 4) is 5.69 Å². The first kappa shape index (κ1) is 20.2. The maximum Gasteiger partial charge on any atom is 0.224 e. The number of carbonyl (C=O) groups excluding carboxylic acids is 1. The van der Waals surface area contributed by atoms with E-state index < -0.39 is 0 Å². The van der Waals surface area contributed by atoms with Crippen LogP contribution in [0.2, 0.25) is 0 Å². The summed E-state index contributed by atoms with van der Waals surface area (Å²) in [6.45, 7) is 3.84. The number of rotatable bonds is 6. The number of nitrogens with one attached hydrogen (secondary N) is 2. The second-order valence-electron chi connectivity index (χ2n) is 7.95. The summed E-state index contributed by atoms with van der Waals surface area (Å²) in [6.07, 6.45) is 4.63. The molecule has 0 saturated carbocycles. The number of amides is 1. The van der Waals surface area contributed by atoms with Crippen LogP contribution >= 0.6 is 0 Å². The lowest BCUT2D eigenvalue weighted by Crippen LogP contribution is -2.43. The minimum atomic E-state index is -0.00728. The van der Waals surface area contributed by atoms with Crippen LogP contribution in [-0.4, -0.2) is 46.9 Å². The van der Waals surface area contributed by atoms with E-state index in [9.17, 15) is 4.79 Å². The third kappa shape index (κ3) is 4.33. The number of pyridine rings is 1. The number of aromatic nitrogens is 3. The first-order valence-corrected chi connectivity index (χ1v) is 11.0. The molecule has 32 heavy (non-hydrogen) atoms. The Bertz CT molecular complexity index is 1200. The second kappa shape index (κ2) is 9.20. The van der Waals surface area contributed by atoms with E-state index in [0.717, 1.165) is 59.8 Å². The average molecular weight is 427 g/mol. The quantitative estimate of drug-likeness (QED) is 0.494. The fourth-order valence-electron chi connectivity index (χ4n) is 4.07. The molecular weight excluding hydrogens is 400 g/mol. The molecule has 0 bridgehead atoms. The van der Waals surface area contributed by atoms with Gasteiger partial charge in [-0.1, -0.05) is 18.2 Å². The molecule has 2 aromatic carbocycles. The first-order chi connectivity index (χ1) is 15.8. The van der Waals surface area contributed by atoms with E-state index in [1.54, 1.807) is 12.4 Å². The highest BCUT2D eigenvalue weighted by Gasteiger charge is 2.19. The number of hydrogen-bond donors (Lipinski definition) is 2. The van der Waals surface area contributed by atoms with Crippen molar-refractivity contribution in [2.45, 2.75) is 12.8 Å². The fourth-order valence-corrected chi connectivity index (χ4v) is 4.07. The molecule has 7 nitrogen and oxygen atoms in total. The molecule has 1 aliphatic heterocycles. The van der Waals surface area contributed by atoms with Gasteiger partial charge in [0.05, 0.1) is 11.2 Å². The molecular formula is C25H26N6O. The van der Waals surface area contributed by atoms with Crippen molar-refractivity contribution in [3.05, 3.63) is 78.6 Å². The van der Waals surface area contributed by atoms with E-state index in [2.05, 4.69) is 38.7 Å². The molecule has 0 atom stereocenters. The van der Waals surface area contributed by atoms with Crippen LogP contribution in [0, 0.1) is 0 Å². The van der Waals surface area contributed by atoms with Gasteiger partial charge in [0.25, 0.3) is 0 Å². The Kier molecular flexibility index (Phi) is 5.81. The summed E-state index contributed by atoms with van der Waals surface area (Å²) in [6, 6.07) is 20.1. The number of fused-ring (bicyclic) bond motifs is 1. The minimum Gasteiger partial charge on any atom is -0.352 e. The van der Waals surface area contributed by atoms with Crippen molar-refractivity contribution in [2.24, 2.45) is 0 Å². The van der Waals surface area contributed by atoms with Gasteiger partial charge in [-0.2, -0.15) is 0 Å². The zero-order valence-electron chi connectivity index (χ0n) is 17.9. The number of anilines is 2. The van der Waals surface area contributed by atoms with Crippen molar-refractivity contribution in [1.82, 2.24) is 20.1 Å². The maximum absolute atomic E-state index is 12.3. The molecule has 0 spiro atoms. The molecule has 3 heterocycles. The summed E-state index contributed by atoms with van der Waals surface area (Å²) in [5, 5.41) is 12.5. The van der Waals surface area contributed by atoms with Gasteiger partial charge in [-0.3, -0.25) is 9.78 Å². The zero-order chi connectivity index (χ0) is 21.8. The Labute approximate surface area is 187 Å². The molecule has 1 amide bonds. The van der Waals surface area contributed by atoms with Crippen LogP contribution in [0.1, 0.15) is 12.0 Å². The van der Waals surface area contributed by atoms with Crippen molar-refractivity contribution < 1.29 is 4.79 Å². The highest BCUT2D eigenvalue weighted by molar-refractivity contribution is 5.92. The normalized spacial score (nSPS) is 13.9. The summed E-state index contributed by atoms with van der Waals surface area (Å²) < 4.78 is 1.99. The van der Waals surface area contributed by atoms with Crippen LogP contribution in [0.5, 0.6) is 0 Å². The highest BCUT2D eigenvalue weighted by atomic mass is 16.1. The zero-order valence-corrected chi connectivity index (χ0v) is 17.9. The monoisotopic (exact) mass is 426 g/mol. The largest absolute Gasteiger partial charge is 0.352 e. The lowest BCUT2D eigenvalue weighted by molar-refractivity contribution is -0.116. The van der Waals surface area contributed by atoms with E-state index in [4.69, 9.17) is 5.10 Å². The lowest BCUT2D eigenvalue weighted by Gasteiger charge is -2.27. The molecule has 7 heteroatoms. The molecule has 0 unspecified atom stereocenters. The van der Waals surface area contributed by atoms with E-state index in [0.29, 0.717) is 12.8 Å². The van der Waals surface area contributed by atoms with Gasteiger partial charge < -0.3 is 15.5 Å². The molecule has 5 rings (SSSR count). The molecule has 2 N–H and O–H groups in total. The van der Waals surface area contributed by atoms with Gasteiger partial charge >= 0.3 is 0 Å². The van der Waals surface area contributed by atoms with Crippen LogP contribution in [0.15, 0.2) is 73.1 Å². The predicted octanol–water partition coefficient (Wildman–Crippen LogP) is 3.40. The highest BCUT2D eigenvalue weighted by Crippen LogP contribution is 2.29. The third-order valence-electron chi connectivity index (χ3n) is 5.74. The van der Waals surface area contributed by atoms with Gasteiger partial charge in [0.1, 0.15) is 0 Å². The number of hydrogen-bond acceptors (Lipinski definition) is 5. The van der Waals surface area contributed by atoms with Gasteiger partial charge in [-0.25, -0.2) is 4.68 Å². The van der Waals surface area contributed by atoms with E-state index in [-0.39, 0.29) is 5.91 Å². The second-order valence-corrected chi connectivity index (χ2v) is 7.95. The first-order valence-electron chi connectivity index (χ1n) is 11.0. The van der Waals surface area contributed by atoms with Crippen LogP contribution in [-0.2, 0) is 11.2 Å². The van der Waals surface area contributed by atoms with Gasteiger partial charge in [0.15, 0.2) is 5.82 Å². The number of piperazine rings is 1. The molecule has 0 aliphatic carbocycles. The average Bonchev–Trinajstić information content (AvgIpc) is 3.24. The van der Waals surface area contributed by atoms with E-state index in [1.165, 1.54) is 0 Å². The summed E-state index contributed by atoms with van der Waals surface area (Å²) in [5.41, 5.74) is 3.89. The van der Waals surface area contributed by atoms with Gasteiger partial charge in [-0.15, -0.1) is 5.10 Å². The molecule has 2 aromatic heterocycles. The Morgan fingerprint density at radius 3 is 2.59 bits per heavy atom. The van der Waals surface area contributed by atoms with Crippen molar-refractivity contribution in [1.29, 1.82) is 0 Å². The molecule has 1 aliphatic rings. The Morgan fingerprint density at radius 2 is 1.81 bits per heavy atom. The number of para-hydroxylation sites is 1. The Hall–Kier alpha value is -3.71. The van der Waals surface area contributed by atoms with E-state index >= 15 is 0 Å². The summed E-state index contributed by atoms with van der Waals surface area (Å²) in [5.74, 6) is 1.02. The summed E-state index contributed by atoms with van der Waals surface area (Å²) in [7, 11) is 0. The lowest BCUT2D eigenvalue weighted by atomic mass is 10.1. The van der Waals surface area contributed by atoms with Crippen LogP contribution in [0.25, 0.3) is 16.6 Å². The topological polar surface area (TPSA) is 75.1 Å². The molecule has 4 aromatic rings. The number of nitrogens with zero attached hydrogens (tertiary/aromatic N) is 4. The van der Waals surface area contributed by atoms with Crippen LogP contribution < -0.4 is 15.5 Å². The molecule has 1 fully saturated rings. The minimum absolute atomic E-state index is 0.00728. The molecule has 0 radical (unpaired) electrons. The standard InChI is InChI=1S/C25H26N6O/c32-24(12-7-19-4-3-13-27-18-19)28-20-8-10-21(11-9-20)31-23-6-2-1-5-22(23)25(29-31)30-16-14-26-15-17-30/h1-6,8-11,13,18,26H,7,12,14-17H2,(H,28,32). The molecule has 162 valence electrons.